The summed E-state index contributed by atoms with van der Waals surface area (Å²) < 4.78 is 1.14. The van der Waals surface area contributed by atoms with Crippen LogP contribution in [0.25, 0.3) is 0 Å². The molecule has 3 atom stereocenters. The van der Waals surface area contributed by atoms with Gasteiger partial charge in [0.05, 0.1) is 0 Å². The molecule has 0 saturated carbocycles. The summed E-state index contributed by atoms with van der Waals surface area (Å²) in [5.74, 6) is 0. The van der Waals surface area contributed by atoms with Crippen molar-refractivity contribution in [2.24, 2.45) is 5.73 Å². The van der Waals surface area contributed by atoms with E-state index >= 15 is 0 Å². The Kier molecular flexibility index (Phi) is 4.46. The van der Waals surface area contributed by atoms with Crippen molar-refractivity contribution in [2.75, 3.05) is 26.2 Å². The number of hydrogen-bond acceptors (Lipinski definition) is 3. The minimum Gasteiger partial charge on any atom is -0.329 e. The first kappa shape index (κ1) is 14.5. The number of nitrogens with zero attached hydrogens (tertiary/aromatic N) is 2. The van der Waals surface area contributed by atoms with Gasteiger partial charge in [-0.15, -0.1) is 0 Å². The van der Waals surface area contributed by atoms with Gasteiger partial charge in [0.15, 0.2) is 0 Å². The molecule has 4 heteroatoms. The average molecular weight is 338 g/mol. The summed E-state index contributed by atoms with van der Waals surface area (Å²) in [5, 5.41) is 0. The zero-order valence-electron chi connectivity index (χ0n) is 12.1. The Morgan fingerprint density at radius 1 is 1.40 bits per heavy atom. The molecule has 1 aromatic rings. The van der Waals surface area contributed by atoms with Crippen molar-refractivity contribution < 1.29 is 0 Å². The number of nitrogens with two attached hydrogens (primary N) is 1. The smallest absolute Gasteiger partial charge is 0.0474 e. The van der Waals surface area contributed by atoms with Gasteiger partial charge >= 0.3 is 0 Å². The van der Waals surface area contributed by atoms with E-state index in [0.29, 0.717) is 18.6 Å². The second-order valence-corrected chi connectivity index (χ2v) is 7.06. The van der Waals surface area contributed by atoms with E-state index in [-0.39, 0.29) is 0 Å². The largest absolute Gasteiger partial charge is 0.329 e. The van der Waals surface area contributed by atoms with E-state index in [1.165, 1.54) is 31.5 Å². The minimum atomic E-state index is 0.338. The van der Waals surface area contributed by atoms with Crippen LogP contribution >= 0.6 is 15.9 Å². The number of benzene rings is 1. The lowest BCUT2D eigenvalue weighted by molar-refractivity contribution is 0.0296. The average Bonchev–Trinajstić information content (AvgIpc) is 2.87. The molecular weight excluding hydrogens is 314 g/mol. The third kappa shape index (κ3) is 2.80. The van der Waals surface area contributed by atoms with Crippen LogP contribution < -0.4 is 5.73 Å². The fourth-order valence-electron chi connectivity index (χ4n) is 3.82. The summed E-state index contributed by atoms with van der Waals surface area (Å²) >= 11 is 3.58. The molecule has 3 unspecified atom stereocenters. The molecule has 0 bridgehead atoms. The van der Waals surface area contributed by atoms with E-state index in [1.54, 1.807) is 0 Å². The van der Waals surface area contributed by atoms with E-state index in [4.69, 9.17) is 5.73 Å². The zero-order chi connectivity index (χ0) is 14.1. The van der Waals surface area contributed by atoms with Crippen LogP contribution in [0.2, 0.25) is 0 Å². The van der Waals surface area contributed by atoms with Crippen LogP contribution in [0.3, 0.4) is 0 Å². The van der Waals surface area contributed by atoms with Crippen molar-refractivity contribution in [3.05, 3.63) is 34.3 Å². The molecule has 0 aromatic heterocycles. The standard InChI is InChI=1S/C16H24BrN3/c1-12-10-19-7-3-6-15(19)11-20(12)16(9-18)13-4-2-5-14(17)8-13/h2,4-5,8,12,15-16H,3,6-7,9-11,18H2,1H3. The summed E-state index contributed by atoms with van der Waals surface area (Å²) in [4.78, 5) is 5.28. The Morgan fingerprint density at radius 2 is 2.25 bits per heavy atom. The molecule has 2 heterocycles. The van der Waals surface area contributed by atoms with Crippen molar-refractivity contribution in [1.82, 2.24) is 9.80 Å². The first-order valence-corrected chi connectivity index (χ1v) is 8.43. The van der Waals surface area contributed by atoms with E-state index in [9.17, 15) is 0 Å². The van der Waals surface area contributed by atoms with E-state index < -0.39 is 0 Å². The number of fused-ring (bicyclic) bond motifs is 1. The molecule has 1 aromatic carbocycles. The molecule has 0 aliphatic carbocycles. The molecule has 3 rings (SSSR count). The van der Waals surface area contributed by atoms with Gasteiger partial charge in [-0.05, 0) is 44.0 Å². The predicted octanol–water partition coefficient (Wildman–Crippen LogP) is 2.62. The Morgan fingerprint density at radius 3 is 3.00 bits per heavy atom. The molecule has 0 spiro atoms. The Balaban J connectivity index is 1.81. The first-order chi connectivity index (χ1) is 9.69. The summed E-state index contributed by atoms with van der Waals surface area (Å²) in [6, 6.07) is 10.3. The van der Waals surface area contributed by atoms with Gasteiger partial charge in [-0.1, -0.05) is 28.1 Å². The van der Waals surface area contributed by atoms with Crippen LogP contribution in [0.15, 0.2) is 28.7 Å². The quantitative estimate of drug-likeness (QED) is 0.920. The van der Waals surface area contributed by atoms with Crippen molar-refractivity contribution in [3.8, 4) is 0 Å². The van der Waals surface area contributed by atoms with Crippen LogP contribution in [0.4, 0.5) is 0 Å². The van der Waals surface area contributed by atoms with Crippen molar-refractivity contribution in [3.63, 3.8) is 0 Å². The maximum Gasteiger partial charge on any atom is 0.0474 e. The van der Waals surface area contributed by atoms with Gasteiger partial charge in [-0.25, -0.2) is 0 Å². The van der Waals surface area contributed by atoms with Crippen molar-refractivity contribution in [1.29, 1.82) is 0 Å². The Labute approximate surface area is 130 Å². The fraction of sp³-hybridized carbons (Fsp3) is 0.625. The topological polar surface area (TPSA) is 32.5 Å². The SMILES string of the molecule is CC1CN2CCCC2CN1C(CN)c1cccc(Br)c1. The maximum absolute atomic E-state index is 6.11. The summed E-state index contributed by atoms with van der Waals surface area (Å²) in [6.45, 7) is 6.67. The molecule has 0 amide bonds. The van der Waals surface area contributed by atoms with Crippen LogP contribution in [0.1, 0.15) is 31.4 Å². The normalized spacial score (nSPS) is 29.4. The number of rotatable bonds is 3. The highest BCUT2D eigenvalue weighted by Gasteiger charge is 2.37. The molecule has 2 aliphatic heterocycles. The van der Waals surface area contributed by atoms with Crippen LogP contribution in [0.5, 0.6) is 0 Å². The maximum atomic E-state index is 6.11. The molecular formula is C16H24BrN3. The lowest BCUT2D eigenvalue weighted by atomic mass is 9.99. The van der Waals surface area contributed by atoms with Gasteiger partial charge in [0.25, 0.3) is 0 Å². The zero-order valence-corrected chi connectivity index (χ0v) is 13.7. The lowest BCUT2D eigenvalue weighted by Crippen LogP contribution is -2.56. The van der Waals surface area contributed by atoms with Crippen LogP contribution in [0, 0.1) is 0 Å². The Hall–Kier alpha value is -0.420. The van der Waals surface area contributed by atoms with Crippen molar-refractivity contribution in [2.45, 2.75) is 37.9 Å². The molecule has 3 nitrogen and oxygen atoms in total. The lowest BCUT2D eigenvalue weighted by Gasteiger charge is -2.46. The third-order valence-corrected chi connectivity index (χ3v) is 5.34. The molecule has 2 N–H and O–H groups in total. The number of hydrogen-bond donors (Lipinski definition) is 1. The minimum absolute atomic E-state index is 0.338. The molecule has 2 fully saturated rings. The van der Waals surface area contributed by atoms with Gasteiger partial charge in [-0.3, -0.25) is 9.80 Å². The van der Waals surface area contributed by atoms with Crippen LogP contribution in [-0.4, -0.2) is 48.1 Å². The second kappa shape index (κ2) is 6.14. The third-order valence-electron chi connectivity index (χ3n) is 4.84. The van der Waals surface area contributed by atoms with E-state index in [2.05, 4.69) is 56.9 Å². The molecule has 2 saturated heterocycles. The fourth-order valence-corrected chi connectivity index (χ4v) is 4.24. The first-order valence-electron chi connectivity index (χ1n) is 7.64. The van der Waals surface area contributed by atoms with Crippen LogP contribution in [-0.2, 0) is 0 Å². The van der Waals surface area contributed by atoms with Gasteiger partial charge < -0.3 is 5.73 Å². The molecule has 110 valence electrons. The number of halogens is 1. The summed E-state index contributed by atoms with van der Waals surface area (Å²) in [7, 11) is 0. The van der Waals surface area contributed by atoms with Crippen molar-refractivity contribution >= 4 is 15.9 Å². The highest BCUT2D eigenvalue weighted by atomic mass is 79.9. The molecule has 2 aliphatic rings. The van der Waals surface area contributed by atoms with Gasteiger partial charge in [0.2, 0.25) is 0 Å². The number of piperazine rings is 1. The second-order valence-electron chi connectivity index (χ2n) is 6.14. The highest BCUT2D eigenvalue weighted by Crippen LogP contribution is 2.31. The van der Waals surface area contributed by atoms with Gasteiger partial charge in [-0.2, -0.15) is 0 Å². The predicted molar refractivity (Wildman–Crippen MR) is 86.7 cm³/mol. The Bertz CT molecular complexity index is 465. The van der Waals surface area contributed by atoms with Gasteiger partial charge in [0.1, 0.15) is 0 Å². The highest BCUT2D eigenvalue weighted by molar-refractivity contribution is 9.10. The summed E-state index contributed by atoms with van der Waals surface area (Å²) in [6.07, 6.45) is 2.70. The molecule has 20 heavy (non-hydrogen) atoms. The summed E-state index contributed by atoms with van der Waals surface area (Å²) in [5.41, 5.74) is 7.45. The molecule has 0 radical (unpaired) electrons. The van der Waals surface area contributed by atoms with E-state index in [1.807, 2.05) is 0 Å². The monoisotopic (exact) mass is 337 g/mol. The van der Waals surface area contributed by atoms with E-state index in [0.717, 1.165) is 17.1 Å². The van der Waals surface area contributed by atoms with Gasteiger partial charge in [0, 0.05) is 42.2 Å².